The SMILES string of the molecule is COc1ccc(CS(=O)Cc2ccc(F)c(F)c2)cc1F. The van der Waals surface area contributed by atoms with Crippen molar-refractivity contribution in [2.24, 2.45) is 0 Å². The van der Waals surface area contributed by atoms with E-state index in [0.717, 1.165) is 12.1 Å². The van der Waals surface area contributed by atoms with Crippen LogP contribution >= 0.6 is 0 Å². The molecule has 2 rings (SSSR count). The molecule has 0 radical (unpaired) electrons. The minimum atomic E-state index is -1.35. The maximum Gasteiger partial charge on any atom is 0.165 e. The smallest absolute Gasteiger partial charge is 0.165 e. The van der Waals surface area contributed by atoms with E-state index in [9.17, 15) is 17.4 Å². The summed E-state index contributed by atoms with van der Waals surface area (Å²) in [6.07, 6.45) is 0. The largest absolute Gasteiger partial charge is 0.494 e. The van der Waals surface area contributed by atoms with E-state index in [4.69, 9.17) is 4.74 Å². The zero-order valence-corrected chi connectivity index (χ0v) is 12.1. The Bertz CT molecular complexity index is 674. The summed E-state index contributed by atoms with van der Waals surface area (Å²) in [5.41, 5.74) is 0.982. The van der Waals surface area contributed by atoms with Crippen LogP contribution in [0.15, 0.2) is 36.4 Å². The first-order valence-electron chi connectivity index (χ1n) is 6.11. The van der Waals surface area contributed by atoms with Gasteiger partial charge >= 0.3 is 0 Å². The topological polar surface area (TPSA) is 26.3 Å². The lowest BCUT2D eigenvalue weighted by molar-refractivity contribution is 0.386. The van der Waals surface area contributed by atoms with Gasteiger partial charge in [-0.05, 0) is 35.4 Å². The summed E-state index contributed by atoms with van der Waals surface area (Å²) < 4.78 is 56.1. The predicted molar refractivity (Wildman–Crippen MR) is 74.9 cm³/mol. The van der Waals surface area contributed by atoms with E-state index in [1.165, 1.54) is 25.3 Å². The van der Waals surface area contributed by atoms with Gasteiger partial charge in [-0.15, -0.1) is 0 Å². The molecular weight excluding hydrogens is 301 g/mol. The zero-order chi connectivity index (χ0) is 15.4. The van der Waals surface area contributed by atoms with Crippen LogP contribution in [-0.2, 0) is 22.3 Å². The van der Waals surface area contributed by atoms with Crippen molar-refractivity contribution in [3.63, 3.8) is 0 Å². The van der Waals surface area contributed by atoms with Crippen molar-refractivity contribution >= 4 is 10.8 Å². The van der Waals surface area contributed by atoms with Crippen LogP contribution in [0.2, 0.25) is 0 Å². The molecule has 0 aliphatic heterocycles. The van der Waals surface area contributed by atoms with Crippen LogP contribution in [0.5, 0.6) is 5.75 Å². The van der Waals surface area contributed by atoms with E-state index < -0.39 is 28.3 Å². The Morgan fingerprint density at radius 1 is 0.905 bits per heavy atom. The molecule has 2 nitrogen and oxygen atoms in total. The van der Waals surface area contributed by atoms with Crippen molar-refractivity contribution in [1.82, 2.24) is 0 Å². The van der Waals surface area contributed by atoms with E-state index in [2.05, 4.69) is 0 Å². The van der Waals surface area contributed by atoms with E-state index in [-0.39, 0.29) is 17.3 Å². The quantitative estimate of drug-likeness (QED) is 0.843. The van der Waals surface area contributed by atoms with Crippen molar-refractivity contribution in [1.29, 1.82) is 0 Å². The third-order valence-electron chi connectivity index (χ3n) is 2.86. The monoisotopic (exact) mass is 314 g/mol. The van der Waals surface area contributed by atoms with Crippen molar-refractivity contribution in [3.05, 3.63) is 65.0 Å². The van der Waals surface area contributed by atoms with Crippen molar-refractivity contribution in [2.75, 3.05) is 7.11 Å². The lowest BCUT2D eigenvalue weighted by Crippen LogP contribution is -2.01. The summed E-state index contributed by atoms with van der Waals surface area (Å²) in [4.78, 5) is 0. The molecule has 0 heterocycles. The van der Waals surface area contributed by atoms with Crippen LogP contribution in [0.4, 0.5) is 13.2 Å². The molecule has 1 unspecified atom stereocenters. The van der Waals surface area contributed by atoms with Gasteiger partial charge in [-0.2, -0.15) is 0 Å². The molecule has 2 aromatic rings. The van der Waals surface area contributed by atoms with Crippen LogP contribution in [0, 0.1) is 17.5 Å². The summed E-state index contributed by atoms with van der Waals surface area (Å²) in [6.45, 7) is 0. The predicted octanol–water partition coefficient (Wildman–Crippen LogP) is 3.56. The average Bonchev–Trinajstić information content (AvgIpc) is 2.43. The normalized spacial score (nSPS) is 12.2. The molecule has 0 bridgehead atoms. The summed E-state index contributed by atoms with van der Waals surface area (Å²) >= 11 is 0. The summed E-state index contributed by atoms with van der Waals surface area (Å²) in [5.74, 6) is -2.13. The number of hydrogen-bond donors (Lipinski definition) is 0. The minimum Gasteiger partial charge on any atom is -0.494 e. The van der Waals surface area contributed by atoms with Crippen LogP contribution in [0.25, 0.3) is 0 Å². The first-order valence-corrected chi connectivity index (χ1v) is 7.59. The fourth-order valence-electron chi connectivity index (χ4n) is 1.85. The molecule has 21 heavy (non-hydrogen) atoms. The second-order valence-electron chi connectivity index (χ2n) is 4.45. The lowest BCUT2D eigenvalue weighted by Gasteiger charge is -2.06. The van der Waals surface area contributed by atoms with Gasteiger partial charge in [0.25, 0.3) is 0 Å². The molecule has 0 aromatic heterocycles. The molecule has 2 aromatic carbocycles. The van der Waals surface area contributed by atoms with Gasteiger partial charge in [0.1, 0.15) is 0 Å². The Labute approximate surface area is 123 Å². The molecule has 6 heteroatoms. The number of benzene rings is 2. The molecule has 0 saturated carbocycles. The number of ether oxygens (including phenoxy) is 1. The van der Waals surface area contributed by atoms with Gasteiger partial charge < -0.3 is 4.74 Å². The van der Waals surface area contributed by atoms with Crippen molar-refractivity contribution < 1.29 is 22.1 Å². The standard InChI is InChI=1S/C15H13F3O2S/c1-20-15-5-3-11(7-14(15)18)9-21(19)8-10-2-4-12(16)13(17)6-10/h2-7H,8-9H2,1H3. The van der Waals surface area contributed by atoms with E-state index >= 15 is 0 Å². The Balaban J connectivity index is 2.04. The van der Waals surface area contributed by atoms with Crippen molar-refractivity contribution in [3.8, 4) is 5.75 Å². The Hall–Kier alpha value is -1.82. The number of halogens is 3. The summed E-state index contributed by atoms with van der Waals surface area (Å²) in [5, 5.41) is 0. The van der Waals surface area contributed by atoms with Gasteiger partial charge in [0.05, 0.1) is 7.11 Å². The molecule has 0 fully saturated rings. The maximum absolute atomic E-state index is 13.5. The highest BCUT2D eigenvalue weighted by Gasteiger charge is 2.09. The maximum atomic E-state index is 13.5. The number of methoxy groups -OCH3 is 1. The highest BCUT2D eigenvalue weighted by Crippen LogP contribution is 2.19. The van der Waals surface area contributed by atoms with Gasteiger partial charge in [-0.3, -0.25) is 4.21 Å². The molecule has 1 atom stereocenters. The van der Waals surface area contributed by atoms with Crippen LogP contribution in [0.3, 0.4) is 0 Å². The Kier molecular flexibility index (Phi) is 5.01. The summed E-state index contributed by atoms with van der Waals surface area (Å²) in [7, 11) is 0.0101. The zero-order valence-electron chi connectivity index (χ0n) is 11.2. The van der Waals surface area contributed by atoms with E-state index in [0.29, 0.717) is 11.1 Å². The van der Waals surface area contributed by atoms with Crippen LogP contribution in [0.1, 0.15) is 11.1 Å². The molecule has 0 saturated heterocycles. The molecule has 0 spiro atoms. The first kappa shape index (κ1) is 15.6. The second kappa shape index (κ2) is 6.76. The third-order valence-corrected chi connectivity index (χ3v) is 4.17. The van der Waals surface area contributed by atoms with Gasteiger partial charge in [0.15, 0.2) is 23.2 Å². The molecule has 0 N–H and O–H groups in total. The fourth-order valence-corrected chi connectivity index (χ4v) is 3.06. The summed E-state index contributed by atoms with van der Waals surface area (Å²) in [6, 6.07) is 7.72. The second-order valence-corrected chi connectivity index (χ2v) is 5.90. The highest BCUT2D eigenvalue weighted by atomic mass is 32.2. The fraction of sp³-hybridized carbons (Fsp3) is 0.200. The van der Waals surface area contributed by atoms with E-state index in [1.807, 2.05) is 0 Å². The lowest BCUT2D eigenvalue weighted by atomic mass is 10.2. The molecular formula is C15H13F3O2S. The first-order chi connectivity index (χ1) is 9.99. The number of hydrogen-bond acceptors (Lipinski definition) is 2. The Morgan fingerprint density at radius 3 is 2.00 bits per heavy atom. The highest BCUT2D eigenvalue weighted by molar-refractivity contribution is 7.83. The van der Waals surface area contributed by atoms with Crippen LogP contribution in [-0.4, -0.2) is 11.3 Å². The Morgan fingerprint density at radius 2 is 1.48 bits per heavy atom. The van der Waals surface area contributed by atoms with Gasteiger partial charge in [-0.25, -0.2) is 13.2 Å². The van der Waals surface area contributed by atoms with Gasteiger partial charge in [-0.1, -0.05) is 12.1 Å². The molecule has 0 aliphatic carbocycles. The third kappa shape index (κ3) is 4.07. The van der Waals surface area contributed by atoms with Gasteiger partial charge in [0.2, 0.25) is 0 Å². The van der Waals surface area contributed by atoms with Crippen molar-refractivity contribution in [2.45, 2.75) is 11.5 Å². The van der Waals surface area contributed by atoms with Crippen LogP contribution < -0.4 is 4.74 Å². The van der Waals surface area contributed by atoms with E-state index in [1.54, 1.807) is 6.07 Å². The molecule has 112 valence electrons. The average molecular weight is 314 g/mol. The minimum absolute atomic E-state index is 0.0743. The molecule has 0 aliphatic rings. The molecule has 0 amide bonds. The van der Waals surface area contributed by atoms with Gasteiger partial charge in [0, 0.05) is 22.3 Å². The number of rotatable bonds is 5.